The number of hydrogen-bond acceptors (Lipinski definition) is 7. The predicted octanol–water partition coefficient (Wildman–Crippen LogP) is 2.86. The van der Waals surface area contributed by atoms with Crippen molar-refractivity contribution >= 4 is 17.8 Å². The largest absolute Gasteiger partial charge is 0.495 e. The monoisotopic (exact) mass is 439 g/mol. The number of piperidine rings is 1. The highest BCUT2D eigenvalue weighted by atomic mass is 35.5. The number of benzene rings is 2. The SMILES string of the molecule is COc1ccc(CN(C)C2(N3CCC(O)CC3)NN=Cc3ccc(C#N)cc32)cc1Cl. The summed E-state index contributed by atoms with van der Waals surface area (Å²) in [6, 6.07) is 13.7. The molecule has 31 heavy (non-hydrogen) atoms. The van der Waals surface area contributed by atoms with Gasteiger partial charge < -0.3 is 9.84 Å². The van der Waals surface area contributed by atoms with Crippen LogP contribution in [0.1, 0.15) is 35.1 Å². The van der Waals surface area contributed by atoms with Gasteiger partial charge in [-0.3, -0.25) is 15.2 Å². The summed E-state index contributed by atoms with van der Waals surface area (Å²) in [6.45, 7) is 1.99. The van der Waals surface area contributed by atoms with Gasteiger partial charge in [0.15, 0.2) is 5.79 Å². The van der Waals surface area contributed by atoms with E-state index in [0.29, 0.717) is 48.8 Å². The zero-order valence-electron chi connectivity index (χ0n) is 17.7. The van der Waals surface area contributed by atoms with Gasteiger partial charge in [0.05, 0.1) is 36.1 Å². The van der Waals surface area contributed by atoms with Crippen LogP contribution < -0.4 is 10.2 Å². The first-order valence-corrected chi connectivity index (χ1v) is 10.7. The van der Waals surface area contributed by atoms with Crippen molar-refractivity contribution in [2.75, 3.05) is 27.2 Å². The molecular weight excluding hydrogens is 414 g/mol. The van der Waals surface area contributed by atoms with Crippen molar-refractivity contribution in [3.63, 3.8) is 0 Å². The molecule has 0 amide bonds. The third-order valence-corrected chi connectivity index (χ3v) is 6.39. The lowest BCUT2D eigenvalue weighted by Crippen LogP contribution is -2.66. The summed E-state index contributed by atoms with van der Waals surface area (Å²) in [5, 5.41) is 24.6. The second kappa shape index (κ2) is 8.85. The Labute approximate surface area is 187 Å². The Hall–Kier alpha value is -2.63. The molecular formula is C23H26ClN5O2. The van der Waals surface area contributed by atoms with E-state index in [1.165, 1.54) is 0 Å². The van der Waals surface area contributed by atoms with Gasteiger partial charge >= 0.3 is 0 Å². The predicted molar refractivity (Wildman–Crippen MR) is 120 cm³/mol. The minimum absolute atomic E-state index is 0.295. The van der Waals surface area contributed by atoms with Crippen LogP contribution in [0.15, 0.2) is 41.5 Å². The van der Waals surface area contributed by atoms with Gasteiger partial charge in [0, 0.05) is 30.8 Å². The number of methoxy groups -OCH3 is 1. The molecule has 1 fully saturated rings. The molecule has 8 heteroatoms. The van der Waals surface area contributed by atoms with Crippen molar-refractivity contribution in [1.82, 2.24) is 15.2 Å². The first-order chi connectivity index (χ1) is 15.0. The molecule has 0 spiro atoms. The number of nitrogens with one attached hydrogen (secondary N) is 1. The Morgan fingerprint density at radius 1 is 1.32 bits per heavy atom. The number of halogens is 1. The van der Waals surface area contributed by atoms with E-state index in [-0.39, 0.29) is 6.10 Å². The zero-order chi connectivity index (χ0) is 22.0. The lowest BCUT2D eigenvalue weighted by atomic mass is 9.93. The molecule has 0 bridgehead atoms. The maximum absolute atomic E-state index is 10.1. The number of ether oxygens (including phenoxy) is 1. The summed E-state index contributed by atoms with van der Waals surface area (Å²) in [5.74, 6) is -0.124. The van der Waals surface area contributed by atoms with Crippen LogP contribution >= 0.6 is 11.6 Å². The Balaban J connectivity index is 1.76. The quantitative estimate of drug-likeness (QED) is 0.745. The normalized spacial score (nSPS) is 21.4. The number of aliphatic hydroxyl groups is 1. The molecule has 2 N–H and O–H groups in total. The fraction of sp³-hybridized carbons (Fsp3) is 0.391. The van der Waals surface area contributed by atoms with Gasteiger partial charge in [-0.15, -0.1) is 0 Å². The molecule has 0 saturated carbocycles. The Kier molecular flexibility index (Phi) is 6.17. The third-order valence-electron chi connectivity index (χ3n) is 6.09. The van der Waals surface area contributed by atoms with E-state index >= 15 is 0 Å². The lowest BCUT2D eigenvalue weighted by molar-refractivity contribution is -0.107. The van der Waals surface area contributed by atoms with Crippen LogP contribution in [0.25, 0.3) is 0 Å². The van der Waals surface area contributed by atoms with Gasteiger partial charge in [-0.2, -0.15) is 10.4 Å². The van der Waals surface area contributed by atoms with Crippen LogP contribution in [-0.4, -0.2) is 54.5 Å². The number of fused-ring (bicyclic) bond motifs is 1. The van der Waals surface area contributed by atoms with Crippen LogP contribution in [0, 0.1) is 11.3 Å². The highest BCUT2D eigenvalue weighted by molar-refractivity contribution is 6.32. The molecule has 0 radical (unpaired) electrons. The topological polar surface area (TPSA) is 84.1 Å². The van der Waals surface area contributed by atoms with Gasteiger partial charge in [0.1, 0.15) is 5.75 Å². The van der Waals surface area contributed by atoms with Crippen molar-refractivity contribution < 1.29 is 9.84 Å². The number of hydrogen-bond donors (Lipinski definition) is 2. The number of nitrogens with zero attached hydrogens (tertiary/aromatic N) is 4. The van der Waals surface area contributed by atoms with Crippen LogP contribution in [0.2, 0.25) is 5.02 Å². The van der Waals surface area contributed by atoms with Gasteiger partial charge in [-0.25, -0.2) is 0 Å². The van der Waals surface area contributed by atoms with Crippen molar-refractivity contribution in [3.8, 4) is 11.8 Å². The fourth-order valence-corrected chi connectivity index (χ4v) is 4.73. The van der Waals surface area contributed by atoms with Crippen LogP contribution in [-0.2, 0) is 12.3 Å². The van der Waals surface area contributed by atoms with Crippen LogP contribution in [0.4, 0.5) is 0 Å². The molecule has 2 aromatic carbocycles. The van der Waals surface area contributed by atoms with Gasteiger partial charge in [0.2, 0.25) is 0 Å². The molecule has 2 aliphatic heterocycles. The number of likely N-dealkylation sites (tertiary alicyclic amines) is 1. The maximum atomic E-state index is 10.1. The Bertz CT molecular complexity index is 1030. The molecule has 1 saturated heterocycles. The first kappa shape index (κ1) is 21.6. The second-order valence-corrected chi connectivity index (χ2v) is 8.41. The number of aliphatic hydroxyl groups excluding tert-OH is 1. The molecule has 2 aliphatic rings. The number of nitriles is 1. The molecule has 4 rings (SSSR count). The van der Waals surface area contributed by atoms with Crippen LogP contribution in [0.3, 0.4) is 0 Å². The van der Waals surface area contributed by atoms with E-state index in [9.17, 15) is 10.4 Å². The summed E-state index contributed by atoms with van der Waals surface area (Å²) in [6.07, 6.45) is 2.85. The minimum atomic E-state index is -0.760. The van der Waals surface area contributed by atoms with E-state index in [1.807, 2.05) is 43.4 Å². The fourth-order valence-electron chi connectivity index (χ4n) is 4.45. The summed E-state index contributed by atoms with van der Waals surface area (Å²) < 4.78 is 5.28. The van der Waals surface area contributed by atoms with Crippen molar-refractivity contribution in [2.24, 2.45) is 5.10 Å². The van der Waals surface area contributed by atoms with E-state index in [1.54, 1.807) is 13.3 Å². The molecule has 2 aromatic rings. The smallest absolute Gasteiger partial charge is 0.191 e. The third kappa shape index (κ3) is 4.00. The van der Waals surface area contributed by atoms with Gasteiger partial charge in [-0.05, 0) is 49.7 Å². The number of rotatable bonds is 5. The summed E-state index contributed by atoms with van der Waals surface area (Å²) >= 11 is 6.36. The average molecular weight is 440 g/mol. The summed E-state index contributed by atoms with van der Waals surface area (Å²) in [5.41, 5.74) is 6.91. The van der Waals surface area contributed by atoms with Crippen LogP contribution in [0.5, 0.6) is 5.75 Å². The van der Waals surface area contributed by atoms with E-state index in [2.05, 4.69) is 26.4 Å². The molecule has 1 atom stereocenters. The van der Waals surface area contributed by atoms with Crippen molar-refractivity contribution in [1.29, 1.82) is 5.26 Å². The number of hydrazone groups is 1. The molecule has 1 unspecified atom stereocenters. The molecule has 2 heterocycles. The van der Waals surface area contributed by atoms with Crippen molar-refractivity contribution in [3.05, 3.63) is 63.7 Å². The highest BCUT2D eigenvalue weighted by Crippen LogP contribution is 2.37. The minimum Gasteiger partial charge on any atom is -0.495 e. The lowest BCUT2D eigenvalue weighted by Gasteiger charge is -2.52. The molecule has 162 valence electrons. The first-order valence-electron chi connectivity index (χ1n) is 10.3. The second-order valence-electron chi connectivity index (χ2n) is 8.00. The van der Waals surface area contributed by atoms with E-state index in [0.717, 1.165) is 16.7 Å². The van der Waals surface area contributed by atoms with Gasteiger partial charge in [0.25, 0.3) is 0 Å². The molecule has 7 nitrogen and oxygen atoms in total. The standard InChI is InChI=1S/C23H26ClN5O2/c1-28(15-17-4-6-22(31-2)21(24)12-17)23(29-9-7-19(30)8-10-29)20-11-16(13-25)3-5-18(20)14-26-27-23/h3-6,11-12,14,19,27,30H,7-10,15H2,1-2H3. The van der Waals surface area contributed by atoms with Crippen molar-refractivity contribution in [2.45, 2.75) is 31.3 Å². The molecule has 0 aliphatic carbocycles. The summed E-state index contributed by atoms with van der Waals surface area (Å²) in [4.78, 5) is 4.47. The maximum Gasteiger partial charge on any atom is 0.191 e. The molecule has 0 aromatic heterocycles. The highest BCUT2D eigenvalue weighted by Gasteiger charge is 2.46. The zero-order valence-corrected chi connectivity index (χ0v) is 18.4. The summed E-state index contributed by atoms with van der Waals surface area (Å²) in [7, 11) is 3.63. The Morgan fingerprint density at radius 3 is 2.77 bits per heavy atom. The van der Waals surface area contributed by atoms with E-state index in [4.69, 9.17) is 16.3 Å². The van der Waals surface area contributed by atoms with E-state index < -0.39 is 5.79 Å². The Morgan fingerprint density at radius 2 is 2.10 bits per heavy atom. The van der Waals surface area contributed by atoms with Gasteiger partial charge in [-0.1, -0.05) is 23.7 Å². The average Bonchev–Trinajstić information content (AvgIpc) is 2.79.